The molecule has 0 spiro atoms. The molecule has 0 unspecified atom stereocenters. The summed E-state index contributed by atoms with van der Waals surface area (Å²) in [5.74, 6) is 1.14. The van der Waals surface area contributed by atoms with Crippen LogP contribution in [0, 0.1) is 6.92 Å². The number of rotatable bonds is 1. The lowest BCUT2D eigenvalue weighted by atomic mass is 10.1. The quantitative estimate of drug-likeness (QED) is 0.866. The first kappa shape index (κ1) is 11.6. The van der Waals surface area contributed by atoms with Crippen molar-refractivity contribution in [3.8, 4) is 0 Å². The maximum atomic E-state index is 4.58. The Morgan fingerprint density at radius 1 is 1.26 bits per heavy atom. The molecule has 0 aromatic carbocycles. The standard InChI is InChI=1S/C14H18N4S/c1-9-7-19-14-12(9)13(15-8-16-14)18-5-4-10-2-3-11(6-18)17-10/h7-8,10-11,17H,2-6H2,1H3/t10-,11+/m1/s1. The zero-order chi connectivity index (χ0) is 12.8. The third kappa shape index (κ3) is 1.92. The van der Waals surface area contributed by atoms with Gasteiger partial charge in [0.2, 0.25) is 0 Å². The fraction of sp³-hybridized carbons (Fsp3) is 0.571. The van der Waals surface area contributed by atoms with Gasteiger partial charge in [-0.05, 0) is 37.1 Å². The molecule has 0 radical (unpaired) electrons. The summed E-state index contributed by atoms with van der Waals surface area (Å²) in [5.41, 5.74) is 1.30. The summed E-state index contributed by atoms with van der Waals surface area (Å²) < 4.78 is 0. The van der Waals surface area contributed by atoms with Gasteiger partial charge in [-0.3, -0.25) is 0 Å². The van der Waals surface area contributed by atoms with Crippen LogP contribution in [0.25, 0.3) is 10.2 Å². The molecule has 4 heterocycles. The van der Waals surface area contributed by atoms with Crippen LogP contribution in [0.1, 0.15) is 24.8 Å². The Bertz CT molecular complexity index is 609. The van der Waals surface area contributed by atoms with E-state index in [9.17, 15) is 0 Å². The van der Waals surface area contributed by atoms with E-state index in [1.54, 1.807) is 17.7 Å². The van der Waals surface area contributed by atoms with Crippen LogP contribution in [0.2, 0.25) is 0 Å². The van der Waals surface area contributed by atoms with Crippen LogP contribution < -0.4 is 10.2 Å². The van der Waals surface area contributed by atoms with E-state index in [-0.39, 0.29) is 0 Å². The van der Waals surface area contributed by atoms with Gasteiger partial charge in [-0.1, -0.05) is 0 Å². The monoisotopic (exact) mass is 274 g/mol. The van der Waals surface area contributed by atoms with Crippen molar-refractivity contribution in [1.29, 1.82) is 0 Å². The predicted octanol–water partition coefficient (Wildman–Crippen LogP) is 2.33. The Hall–Kier alpha value is -1.20. The smallest absolute Gasteiger partial charge is 0.141 e. The zero-order valence-corrected chi connectivity index (χ0v) is 11.9. The summed E-state index contributed by atoms with van der Waals surface area (Å²) in [6.45, 7) is 4.35. The van der Waals surface area contributed by atoms with Crippen molar-refractivity contribution in [3.05, 3.63) is 17.3 Å². The highest BCUT2D eigenvalue weighted by atomic mass is 32.1. The van der Waals surface area contributed by atoms with Crippen LogP contribution in [0.5, 0.6) is 0 Å². The van der Waals surface area contributed by atoms with Crippen molar-refractivity contribution in [2.24, 2.45) is 0 Å². The maximum absolute atomic E-state index is 4.58. The van der Waals surface area contributed by atoms with E-state index in [2.05, 4.69) is 32.5 Å². The van der Waals surface area contributed by atoms with Gasteiger partial charge >= 0.3 is 0 Å². The Balaban J connectivity index is 1.75. The summed E-state index contributed by atoms with van der Waals surface area (Å²) in [6.07, 6.45) is 5.59. The summed E-state index contributed by atoms with van der Waals surface area (Å²) >= 11 is 1.72. The Morgan fingerprint density at radius 3 is 3.11 bits per heavy atom. The molecule has 4 rings (SSSR count). The molecule has 2 atom stereocenters. The molecular formula is C14H18N4S. The molecule has 4 nitrogen and oxygen atoms in total. The number of hydrogen-bond donors (Lipinski definition) is 1. The summed E-state index contributed by atoms with van der Waals surface area (Å²) in [4.78, 5) is 12.6. The summed E-state index contributed by atoms with van der Waals surface area (Å²) in [6, 6.07) is 1.35. The number of aryl methyl sites for hydroxylation is 1. The number of anilines is 1. The molecule has 2 aromatic heterocycles. The average Bonchev–Trinajstić information content (AvgIpc) is 2.94. The van der Waals surface area contributed by atoms with Crippen molar-refractivity contribution in [1.82, 2.24) is 15.3 Å². The third-order valence-electron chi connectivity index (χ3n) is 4.36. The van der Waals surface area contributed by atoms with Gasteiger partial charge < -0.3 is 10.2 Å². The van der Waals surface area contributed by atoms with Gasteiger partial charge in [0.25, 0.3) is 0 Å². The number of nitrogens with zero attached hydrogens (tertiary/aromatic N) is 3. The maximum Gasteiger partial charge on any atom is 0.141 e. The molecule has 100 valence electrons. The number of nitrogens with one attached hydrogen (secondary N) is 1. The lowest BCUT2D eigenvalue weighted by Crippen LogP contribution is -2.35. The molecule has 0 amide bonds. The van der Waals surface area contributed by atoms with Gasteiger partial charge in [-0.15, -0.1) is 11.3 Å². The number of thiophene rings is 1. The topological polar surface area (TPSA) is 41.1 Å². The van der Waals surface area contributed by atoms with E-state index in [1.165, 1.54) is 30.2 Å². The van der Waals surface area contributed by atoms with E-state index < -0.39 is 0 Å². The largest absolute Gasteiger partial charge is 0.354 e. The van der Waals surface area contributed by atoms with Gasteiger partial charge in [-0.25, -0.2) is 9.97 Å². The molecule has 2 saturated heterocycles. The molecule has 5 heteroatoms. The normalized spacial score (nSPS) is 26.9. The molecule has 2 aliphatic rings. The van der Waals surface area contributed by atoms with Gasteiger partial charge in [-0.2, -0.15) is 0 Å². The first-order chi connectivity index (χ1) is 9.31. The molecule has 2 fully saturated rings. The molecule has 19 heavy (non-hydrogen) atoms. The zero-order valence-electron chi connectivity index (χ0n) is 11.1. The highest BCUT2D eigenvalue weighted by molar-refractivity contribution is 7.17. The first-order valence-corrected chi connectivity index (χ1v) is 7.89. The number of aromatic nitrogens is 2. The van der Waals surface area contributed by atoms with Crippen LogP contribution in [0.4, 0.5) is 5.82 Å². The molecule has 2 aromatic rings. The average molecular weight is 274 g/mol. The van der Waals surface area contributed by atoms with Crippen LogP contribution in [0.3, 0.4) is 0 Å². The van der Waals surface area contributed by atoms with Crippen molar-refractivity contribution >= 4 is 27.4 Å². The summed E-state index contributed by atoms with van der Waals surface area (Å²) in [5, 5.41) is 7.17. The molecule has 1 N–H and O–H groups in total. The summed E-state index contributed by atoms with van der Waals surface area (Å²) in [7, 11) is 0. The second kappa shape index (κ2) is 4.42. The molecular weight excluding hydrogens is 256 g/mol. The Labute approximate surface area is 116 Å². The highest BCUT2D eigenvalue weighted by Gasteiger charge is 2.30. The second-order valence-electron chi connectivity index (χ2n) is 5.67. The van der Waals surface area contributed by atoms with Crippen LogP contribution in [0.15, 0.2) is 11.7 Å². The van der Waals surface area contributed by atoms with Gasteiger partial charge in [0.1, 0.15) is 17.0 Å². The Morgan fingerprint density at radius 2 is 2.16 bits per heavy atom. The van der Waals surface area contributed by atoms with Crippen LogP contribution >= 0.6 is 11.3 Å². The van der Waals surface area contributed by atoms with Crippen molar-refractivity contribution in [2.75, 3.05) is 18.0 Å². The van der Waals surface area contributed by atoms with E-state index in [4.69, 9.17) is 0 Å². The first-order valence-electron chi connectivity index (χ1n) is 7.01. The van der Waals surface area contributed by atoms with E-state index in [0.717, 1.165) is 29.8 Å². The van der Waals surface area contributed by atoms with Crippen molar-refractivity contribution in [3.63, 3.8) is 0 Å². The minimum Gasteiger partial charge on any atom is -0.354 e. The third-order valence-corrected chi connectivity index (χ3v) is 5.36. The minimum absolute atomic E-state index is 0.636. The molecule has 0 aliphatic carbocycles. The minimum atomic E-state index is 0.636. The molecule has 2 bridgehead atoms. The van der Waals surface area contributed by atoms with Crippen LogP contribution in [-0.2, 0) is 0 Å². The highest BCUT2D eigenvalue weighted by Crippen LogP contribution is 2.32. The van der Waals surface area contributed by atoms with E-state index >= 15 is 0 Å². The van der Waals surface area contributed by atoms with E-state index in [1.807, 2.05) is 0 Å². The Kier molecular flexibility index (Phi) is 2.70. The van der Waals surface area contributed by atoms with Crippen molar-refractivity contribution < 1.29 is 0 Å². The number of hydrogen-bond acceptors (Lipinski definition) is 5. The van der Waals surface area contributed by atoms with Gasteiger partial charge in [0.15, 0.2) is 0 Å². The van der Waals surface area contributed by atoms with Crippen LogP contribution in [-0.4, -0.2) is 35.1 Å². The van der Waals surface area contributed by atoms with E-state index in [0.29, 0.717) is 6.04 Å². The molecule has 0 saturated carbocycles. The fourth-order valence-electron chi connectivity index (χ4n) is 3.37. The van der Waals surface area contributed by atoms with Crippen molar-refractivity contribution in [2.45, 2.75) is 38.3 Å². The number of fused-ring (bicyclic) bond motifs is 3. The van der Waals surface area contributed by atoms with Gasteiger partial charge in [0.05, 0.1) is 5.39 Å². The fourth-order valence-corrected chi connectivity index (χ4v) is 4.26. The SMILES string of the molecule is Cc1csc2ncnc(N3CC[C@H]4CC[C@@H](C3)N4)c12. The second-order valence-corrected chi connectivity index (χ2v) is 6.53. The molecule has 2 aliphatic heterocycles. The van der Waals surface area contributed by atoms with Gasteiger partial charge in [0, 0.05) is 25.2 Å². The lowest BCUT2D eigenvalue weighted by Gasteiger charge is -2.25. The lowest BCUT2D eigenvalue weighted by molar-refractivity contribution is 0.563. The predicted molar refractivity (Wildman–Crippen MR) is 78.9 cm³/mol.